The molecule has 1 heterocycles. The van der Waals surface area contributed by atoms with Crippen molar-refractivity contribution in [2.75, 3.05) is 4.72 Å². The summed E-state index contributed by atoms with van der Waals surface area (Å²) in [5, 5.41) is 0. The van der Waals surface area contributed by atoms with E-state index >= 15 is 0 Å². The number of halogens is 1. The fourth-order valence-corrected chi connectivity index (χ4v) is 5.53. The Balaban J connectivity index is 1.74. The van der Waals surface area contributed by atoms with E-state index in [0.29, 0.717) is 0 Å². The minimum Gasteiger partial charge on any atom is -0.455 e. The first-order valence-electron chi connectivity index (χ1n) is 7.72. The second-order valence-electron chi connectivity index (χ2n) is 5.77. The molecule has 3 aromatic rings. The molecular formula is C18H12BrNO5S2. The molecule has 0 bridgehead atoms. The number of hydrogen-bond donors (Lipinski definition) is 1. The molecule has 1 N–H and O–H groups in total. The average molecular weight is 466 g/mol. The number of rotatable bonds is 3. The van der Waals surface area contributed by atoms with Gasteiger partial charge in [-0.15, -0.1) is 0 Å². The Bertz CT molecular complexity index is 1250. The molecule has 0 aromatic heterocycles. The molecule has 0 radical (unpaired) electrons. The zero-order valence-corrected chi connectivity index (χ0v) is 16.8. The highest BCUT2D eigenvalue weighted by Crippen LogP contribution is 2.43. The summed E-state index contributed by atoms with van der Waals surface area (Å²) in [6.07, 6.45) is 0. The van der Waals surface area contributed by atoms with Crippen molar-refractivity contribution in [3.63, 3.8) is 0 Å². The Kier molecular flexibility index (Phi) is 4.25. The van der Waals surface area contributed by atoms with Crippen LogP contribution in [0.3, 0.4) is 0 Å². The van der Waals surface area contributed by atoms with Gasteiger partial charge in [-0.1, -0.05) is 28.1 Å². The number of sulfone groups is 1. The summed E-state index contributed by atoms with van der Waals surface area (Å²) in [6.45, 7) is 0. The summed E-state index contributed by atoms with van der Waals surface area (Å²) in [5.41, 5.74) is 0.128. The van der Waals surface area contributed by atoms with E-state index in [1.165, 1.54) is 36.4 Å². The van der Waals surface area contributed by atoms with Crippen molar-refractivity contribution in [1.82, 2.24) is 0 Å². The van der Waals surface area contributed by atoms with Crippen molar-refractivity contribution in [3.05, 3.63) is 71.2 Å². The summed E-state index contributed by atoms with van der Waals surface area (Å²) in [6, 6.07) is 16.6. The Morgan fingerprint density at radius 3 is 2.26 bits per heavy atom. The third-order valence-electron chi connectivity index (χ3n) is 3.97. The van der Waals surface area contributed by atoms with Crippen LogP contribution in [0.1, 0.15) is 0 Å². The Hall–Kier alpha value is -2.36. The second kappa shape index (κ2) is 6.36. The number of benzene rings is 3. The zero-order valence-electron chi connectivity index (χ0n) is 13.6. The summed E-state index contributed by atoms with van der Waals surface area (Å²) in [4.78, 5) is 0.0236. The molecule has 6 nitrogen and oxygen atoms in total. The van der Waals surface area contributed by atoms with Gasteiger partial charge in [0.25, 0.3) is 10.0 Å². The van der Waals surface area contributed by atoms with E-state index in [4.69, 9.17) is 4.74 Å². The van der Waals surface area contributed by atoms with Crippen molar-refractivity contribution in [1.29, 1.82) is 0 Å². The lowest BCUT2D eigenvalue weighted by Gasteiger charge is -2.21. The summed E-state index contributed by atoms with van der Waals surface area (Å²) in [5.74, 6) is 0.397. The Morgan fingerprint density at radius 1 is 0.852 bits per heavy atom. The number of ether oxygens (including phenoxy) is 1. The lowest BCUT2D eigenvalue weighted by molar-refractivity contribution is 0.443. The van der Waals surface area contributed by atoms with Gasteiger partial charge in [0.05, 0.1) is 10.6 Å². The van der Waals surface area contributed by atoms with Crippen LogP contribution < -0.4 is 9.46 Å². The van der Waals surface area contributed by atoms with Gasteiger partial charge in [-0.05, 0) is 54.6 Å². The molecule has 0 aliphatic carbocycles. The van der Waals surface area contributed by atoms with Crippen LogP contribution in [-0.4, -0.2) is 16.8 Å². The van der Waals surface area contributed by atoms with E-state index in [1.54, 1.807) is 30.3 Å². The molecule has 4 rings (SSSR count). The first-order chi connectivity index (χ1) is 12.8. The summed E-state index contributed by atoms with van der Waals surface area (Å²) in [7, 11) is -7.68. The molecule has 0 amide bonds. The highest BCUT2D eigenvalue weighted by Gasteiger charge is 2.31. The lowest BCUT2D eigenvalue weighted by atomic mass is 10.3. The second-order valence-corrected chi connectivity index (χ2v) is 10.3. The zero-order chi connectivity index (χ0) is 19.2. The van der Waals surface area contributed by atoms with Gasteiger partial charge < -0.3 is 4.74 Å². The highest BCUT2D eigenvalue weighted by molar-refractivity contribution is 9.10. The smallest absolute Gasteiger partial charge is 0.261 e. The van der Waals surface area contributed by atoms with Crippen LogP contribution in [0.4, 0.5) is 5.69 Å². The van der Waals surface area contributed by atoms with Crippen LogP contribution >= 0.6 is 15.9 Å². The molecule has 0 fully saturated rings. The van der Waals surface area contributed by atoms with Crippen LogP contribution in [0.5, 0.6) is 11.5 Å². The Labute approximate surface area is 164 Å². The average Bonchev–Trinajstić information content (AvgIpc) is 2.63. The van der Waals surface area contributed by atoms with E-state index in [0.717, 1.165) is 4.47 Å². The fraction of sp³-hybridized carbons (Fsp3) is 0. The van der Waals surface area contributed by atoms with Crippen molar-refractivity contribution in [2.24, 2.45) is 0 Å². The van der Waals surface area contributed by atoms with Gasteiger partial charge in [0.1, 0.15) is 21.3 Å². The number of fused-ring (bicyclic) bond motifs is 2. The van der Waals surface area contributed by atoms with E-state index in [9.17, 15) is 16.8 Å². The van der Waals surface area contributed by atoms with Gasteiger partial charge in [-0.2, -0.15) is 0 Å². The van der Waals surface area contributed by atoms with Gasteiger partial charge in [0.15, 0.2) is 0 Å². The molecule has 9 heteroatoms. The monoisotopic (exact) mass is 465 g/mol. The molecule has 27 heavy (non-hydrogen) atoms. The van der Waals surface area contributed by atoms with Crippen molar-refractivity contribution in [3.8, 4) is 11.5 Å². The predicted octanol–water partition coefficient (Wildman–Crippen LogP) is 4.19. The summed E-state index contributed by atoms with van der Waals surface area (Å²) >= 11 is 3.25. The molecule has 0 saturated carbocycles. The van der Waals surface area contributed by atoms with Crippen molar-refractivity contribution < 1.29 is 21.6 Å². The summed E-state index contributed by atoms with van der Waals surface area (Å²) < 4.78 is 59.6. The molecule has 138 valence electrons. The van der Waals surface area contributed by atoms with Gasteiger partial charge in [-0.3, -0.25) is 4.72 Å². The SMILES string of the molecule is O=S(=O)(Nc1ccc2c(c1)S(=O)(=O)c1ccccc1O2)c1ccc(Br)cc1. The third-order valence-corrected chi connectivity index (χ3v) is 7.71. The van der Waals surface area contributed by atoms with Crippen LogP contribution in [0, 0.1) is 0 Å². The highest BCUT2D eigenvalue weighted by atomic mass is 79.9. The molecule has 3 aromatic carbocycles. The maximum Gasteiger partial charge on any atom is 0.261 e. The lowest BCUT2D eigenvalue weighted by Crippen LogP contribution is -2.15. The van der Waals surface area contributed by atoms with Crippen LogP contribution in [0.25, 0.3) is 0 Å². The molecule has 0 saturated heterocycles. The first-order valence-corrected chi connectivity index (χ1v) is 11.5. The molecule has 1 aliphatic heterocycles. The quantitative estimate of drug-likeness (QED) is 0.489. The first kappa shape index (κ1) is 18.0. The number of anilines is 1. The minimum atomic E-state index is -3.86. The third kappa shape index (κ3) is 3.22. The molecular weight excluding hydrogens is 454 g/mol. The topological polar surface area (TPSA) is 89.5 Å². The van der Waals surface area contributed by atoms with Crippen LogP contribution in [0.15, 0.2) is 85.9 Å². The number of para-hydroxylation sites is 1. The van der Waals surface area contributed by atoms with Gasteiger partial charge in [-0.25, -0.2) is 16.8 Å². The Morgan fingerprint density at radius 2 is 1.52 bits per heavy atom. The minimum absolute atomic E-state index is 0.0467. The molecule has 0 unspecified atom stereocenters. The van der Waals surface area contributed by atoms with Crippen LogP contribution in [0.2, 0.25) is 0 Å². The van der Waals surface area contributed by atoms with Gasteiger partial charge >= 0.3 is 0 Å². The van der Waals surface area contributed by atoms with Gasteiger partial charge in [0, 0.05) is 4.47 Å². The van der Waals surface area contributed by atoms with Crippen molar-refractivity contribution >= 4 is 41.5 Å². The van der Waals surface area contributed by atoms with E-state index in [-0.39, 0.29) is 31.9 Å². The van der Waals surface area contributed by atoms with Crippen LogP contribution in [-0.2, 0) is 19.9 Å². The number of sulfonamides is 1. The molecule has 1 aliphatic rings. The maximum absolute atomic E-state index is 12.9. The molecule has 0 atom stereocenters. The number of hydrogen-bond acceptors (Lipinski definition) is 5. The normalized spacial score (nSPS) is 14.6. The largest absolute Gasteiger partial charge is 0.455 e. The van der Waals surface area contributed by atoms with E-state index < -0.39 is 19.9 Å². The molecule has 0 spiro atoms. The standard InChI is InChI=1S/C18H12BrNO5S2/c19-12-5-8-14(9-6-12)27(23,24)20-13-7-10-16-18(11-13)26(21,22)17-4-2-1-3-15(17)25-16/h1-11,20H. The number of nitrogens with one attached hydrogen (secondary N) is 1. The predicted molar refractivity (Wildman–Crippen MR) is 103 cm³/mol. The van der Waals surface area contributed by atoms with Gasteiger partial charge in [0.2, 0.25) is 9.84 Å². The maximum atomic E-state index is 12.9. The van der Waals surface area contributed by atoms with E-state index in [1.807, 2.05) is 0 Å². The van der Waals surface area contributed by atoms with Crippen molar-refractivity contribution in [2.45, 2.75) is 14.7 Å². The van der Waals surface area contributed by atoms with E-state index in [2.05, 4.69) is 20.7 Å². The fourth-order valence-electron chi connectivity index (χ4n) is 2.69.